The minimum Gasteiger partial charge on any atom is -0.481 e. The first kappa shape index (κ1) is 16.1. The summed E-state index contributed by atoms with van der Waals surface area (Å²) in [6.07, 6.45) is 6.36. The van der Waals surface area contributed by atoms with Crippen LogP contribution in [0.4, 0.5) is 0 Å². The molecule has 2 atom stereocenters. The lowest BCUT2D eigenvalue weighted by Gasteiger charge is -2.29. The summed E-state index contributed by atoms with van der Waals surface area (Å²) in [4.78, 5) is 16.5. The quantitative estimate of drug-likeness (QED) is 0.922. The van der Waals surface area contributed by atoms with Crippen LogP contribution in [0.15, 0.2) is 30.5 Å². The van der Waals surface area contributed by atoms with Gasteiger partial charge >= 0.3 is 0 Å². The van der Waals surface area contributed by atoms with E-state index < -0.39 is 0 Å². The zero-order chi connectivity index (χ0) is 16.2. The Labute approximate surface area is 141 Å². The Balaban J connectivity index is 1.64. The summed E-state index contributed by atoms with van der Waals surface area (Å²) in [7, 11) is 0. The number of carbonyl (C=O) groups is 1. The number of benzene rings is 1. The Bertz CT molecular complexity index is 704. The maximum atomic E-state index is 12.2. The first-order valence-corrected chi connectivity index (χ1v) is 8.48. The van der Waals surface area contributed by atoms with Crippen LogP contribution in [0.1, 0.15) is 32.6 Å². The van der Waals surface area contributed by atoms with Gasteiger partial charge in [-0.2, -0.15) is 0 Å². The molecule has 0 saturated heterocycles. The van der Waals surface area contributed by atoms with Crippen molar-refractivity contribution in [1.82, 2.24) is 10.3 Å². The third-order valence-corrected chi connectivity index (χ3v) is 4.83. The molecule has 3 rings (SSSR count). The molecule has 0 spiro atoms. The minimum absolute atomic E-state index is 0.00345. The molecule has 4 nitrogen and oxygen atoms in total. The van der Waals surface area contributed by atoms with Gasteiger partial charge in [0.25, 0.3) is 5.91 Å². The lowest BCUT2D eigenvalue weighted by Crippen LogP contribution is -2.43. The number of amides is 1. The second-order valence-corrected chi connectivity index (χ2v) is 6.58. The normalized spacial score (nSPS) is 21.1. The molecule has 1 amide bonds. The third kappa shape index (κ3) is 3.75. The number of rotatable bonds is 4. The molecule has 0 radical (unpaired) electrons. The van der Waals surface area contributed by atoms with Gasteiger partial charge in [0.2, 0.25) is 0 Å². The third-order valence-electron chi connectivity index (χ3n) is 4.50. The Morgan fingerprint density at radius 1 is 1.35 bits per heavy atom. The maximum absolute atomic E-state index is 12.2. The van der Waals surface area contributed by atoms with E-state index in [-0.39, 0.29) is 18.6 Å². The highest BCUT2D eigenvalue weighted by molar-refractivity contribution is 6.35. The van der Waals surface area contributed by atoms with Crippen LogP contribution in [0.5, 0.6) is 5.75 Å². The molecule has 1 N–H and O–H groups in total. The van der Waals surface area contributed by atoms with Gasteiger partial charge in [-0.15, -0.1) is 0 Å². The van der Waals surface area contributed by atoms with Gasteiger partial charge in [-0.05, 0) is 43.0 Å². The molecular formula is C18H21ClN2O2. The van der Waals surface area contributed by atoms with Crippen LogP contribution in [0.2, 0.25) is 5.02 Å². The molecular weight excluding hydrogens is 312 g/mol. The van der Waals surface area contributed by atoms with E-state index in [4.69, 9.17) is 16.3 Å². The molecule has 2 aromatic rings. The van der Waals surface area contributed by atoms with Crippen molar-refractivity contribution in [2.75, 3.05) is 6.61 Å². The molecule has 1 saturated carbocycles. The van der Waals surface area contributed by atoms with E-state index in [0.717, 1.165) is 11.8 Å². The van der Waals surface area contributed by atoms with Gasteiger partial charge in [0, 0.05) is 17.6 Å². The van der Waals surface area contributed by atoms with Gasteiger partial charge in [0.05, 0.1) is 5.02 Å². The zero-order valence-electron chi connectivity index (χ0n) is 13.2. The largest absolute Gasteiger partial charge is 0.481 e. The molecule has 5 heteroatoms. The SMILES string of the molecule is C[C@H]1CCCC[C@@H]1NC(=O)COc1ccc(Cl)c2cccnc12. The number of ether oxygens (including phenoxy) is 1. The first-order chi connectivity index (χ1) is 11.1. The Morgan fingerprint density at radius 3 is 3.00 bits per heavy atom. The van der Waals surface area contributed by atoms with E-state index in [9.17, 15) is 4.79 Å². The number of aromatic nitrogens is 1. The summed E-state index contributed by atoms with van der Waals surface area (Å²) in [6.45, 7) is 2.19. The fourth-order valence-electron chi connectivity index (χ4n) is 3.15. The molecule has 1 aliphatic carbocycles. The molecule has 1 aromatic heterocycles. The molecule has 1 aromatic carbocycles. The van der Waals surface area contributed by atoms with E-state index >= 15 is 0 Å². The summed E-state index contributed by atoms with van der Waals surface area (Å²) in [5, 5.41) is 4.54. The summed E-state index contributed by atoms with van der Waals surface area (Å²) >= 11 is 6.16. The number of nitrogens with one attached hydrogen (secondary N) is 1. The molecule has 23 heavy (non-hydrogen) atoms. The van der Waals surface area contributed by atoms with Crippen molar-refractivity contribution in [1.29, 1.82) is 0 Å². The van der Waals surface area contributed by atoms with Crippen LogP contribution in [0.25, 0.3) is 10.9 Å². The Hall–Kier alpha value is -1.81. The number of pyridine rings is 1. The molecule has 1 fully saturated rings. The first-order valence-electron chi connectivity index (χ1n) is 8.10. The van der Waals surface area contributed by atoms with Crippen LogP contribution in [-0.4, -0.2) is 23.5 Å². The summed E-state index contributed by atoms with van der Waals surface area (Å²) < 4.78 is 5.68. The van der Waals surface area contributed by atoms with Crippen molar-refractivity contribution < 1.29 is 9.53 Å². The fraction of sp³-hybridized carbons (Fsp3) is 0.444. The maximum Gasteiger partial charge on any atom is 0.258 e. The van der Waals surface area contributed by atoms with Crippen LogP contribution in [0.3, 0.4) is 0 Å². The highest BCUT2D eigenvalue weighted by atomic mass is 35.5. The second-order valence-electron chi connectivity index (χ2n) is 6.17. The van der Waals surface area contributed by atoms with Gasteiger partial charge in [-0.1, -0.05) is 31.4 Å². The van der Waals surface area contributed by atoms with Crippen molar-refractivity contribution in [3.63, 3.8) is 0 Å². The van der Waals surface area contributed by atoms with E-state index in [1.165, 1.54) is 19.3 Å². The lowest BCUT2D eigenvalue weighted by molar-refractivity contribution is -0.124. The van der Waals surface area contributed by atoms with Crippen molar-refractivity contribution in [3.8, 4) is 5.75 Å². The van der Waals surface area contributed by atoms with Crippen molar-refractivity contribution in [2.24, 2.45) is 5.92 Å². The Kier molecular flexibility index (Phi) is 5.01. The molecule has 1 aliphatic rings. The number of hydrogen-bond acceptors (Lipinski definition) is 3. The van der Waals surface area contributed by atoms with Crippen LogP contribution in [-0.2, 0) is 4.79 Å². The van der Waals surface area contributed by atoms with E-state index in [2.05, 4.69) is 17.2 Å². The fourth-order valence-corrected chi connectivity index (χ4v) is 3.37. The standard InChI is InChI=1S/C18H21ClN2O2/c1-12-5-2-3-7-15(12)21-17(22)11-23-16-9-8-14(19)13-6-4-10-20-18(13)16/h4,6,8-10,12,15H,2-3,5,7,11H2,1H3,(H,21,22)/t12-,15-/m0/s1. The van der Waals surface area contributed by atoms with E-state index in [0.29, 0.717) is 22.2 Å². The second kappa shape index (κ2) is 7.18. The van der Waals surface area contributed by atoms with Gasteiger partial charge in [-0.3, -0.25) is 9.78 Å². The van der Waals surface area contributed by atoms with Crippen LogP contribution in [0, 0.1) is 5.92 Å². The van der Waals surface area contributed by atoms with Gasteiger partial charge in [0.15, 0.2) is 6.61 Å². The monoisotopic (exact) mass is 332 g/mol. The summed E-state index contributed by atoms with van der Waals surface area (Å²) in [5.74, 6) is 1.03. The highest BCUT2D eigenvalue weighted by Crippen LogP contribution is 2.29. The number of carbonyl (C=O) groups excluding carboxylic acids is 1. The summed E-state index contributed by atoms with van der Waals surface area (Å²) in [5.41, 5.74) is 0.679. The number of hydrogen-bond donors (Lipinski definition) is 1. The number of fused-ring (bicyclic) bond motifs is 1. The topological polar surface area (TPSA) is 51.2 Å². The van der Waals surface area contributed by atoms with Crippen LogP contribution < -0.4 is 10.1 Å². The average Bonchev–Trinajstić information content (AvgIpc) is 2.57. The molecule has 0 bridgehead atoms. The van der Waals surface area contributed by atoms with Gasteiger partial charge < -0.3 is 10.1 Å². The smallest absolute Gasteiger partial charge is 0.258 e. The van der Waals surface area contributed by atoms with Crippen molar-refractivity contribution >= 4 is 28.4 Å². The molecule has 1 heterocycles. The van der Waals surface area contributed by atoms with E-state index in [1.54, 1.807) is 18.3 Å². The van der Waals surface area contributed by atoms with Crippen molar-refractivity contribution in [3.05, 3.63) is 35.5 Å². The number of nitrogens with zero attached hydrogens (tertiary/aromatic N) is 1. The minimum atomic E-state index is -0.0808. The molecule has 122 valence electrons. The number of halogens is 1. The van der Waals surface area contributed by atoms with Crippen LogP contribution >= 0.6 is 11.6 Å². The predicted molar refractivity (Wildman–Crippen MR) is 91.8 cm³/mol. The molecule has 0 unspecified atom stereocenters. The van der Waals surface area contributed by atoms with Gasteiger partial charge in [0.1, 0.15) is 11.3 Å². The summed E-state index contributed by atoms with van der Waals surface area (Å²) in [6, 6.07) is 7.51. The predicted octanol–water partition coefficient (Wildman–Crippen LogP) is 3.96. The molecule has 0 aliphatic heterocycles. The van der Waals surface area contributed by atoms with E-state index in [1.807, 2.05) is 12.1 Å². The lowest BCUT2D eigenvalue weighted by atomic mass is 9.86. The van der Waals surface area contributed by atoms with Gasteiger partial charge in [-0.25, -0.2) is 0 Å². The Morgan fingerprint density at radius 2 is 2.17 bits per heavy atom. The van der Waals surface area contributed by atoms with Crippen molar-refractivity contribution in [2.45, 2.75) is 38.6 Å². The zero-order valence-corrected chi connectivity index (χ0v) is 14.0. The highest BCUT2D eigenvalue weighted by Gasteiger charge is 2.22. The average molecular weight is 333 g/mol.